The summed E-state index contributed by atoms with van der Waals surface area (Å²) < 4.78 is 7.30. The lowest BCUT2D eigenvalue weighted by atomic mass is 10.0. The van der Waals surface area contributed by atoms with E-state index in [0.29, 0.717) is 36.2 Å². The van der Waals surface area contributed by atoms with Crippen LogP contribution < -0.4 is 0 Å². The van der Waals surface area contributed by atoms with Gasteiger partial charge in [-0.3, -0.25) is 9.20 Å². The molecule has 1 aromatic carbocycles. The lowest BCUT2D eigenvalue weighted by molar-refractivity contribution is -0.129. The molecule has 1 amide bonds. The van der Waals surface area contributed by atoms with Crippen LogP contribution in [-0.2, 0) is 11.2 Å². The van der Waals surface area contributed by atoms with E-state index in [2.05, 4.69) is 26.2 Å². The van der Waals surface area contributed by atoms with Gasteiger partial charge in [0.2, 0.25) is 17.5 Å². The van der Waals surface area contributed by atoms with Gasteiger partial charge in [-0.05, 0) is 29.5 Å². The largest absolute Gasteiger partial charge is 0.395 e. The predicted molar refractivity (Wildman–Crippen MR) is 105 cm³/mol. The number of rotatable bonds is 4. The molecule has 1 N–H and O–H groups in total. The molecule has 6 rings (SSSR count). The molecular weight excluding hydrogens is 384 g/mol. The standard InChI is InChI=1S/C21H18N6O3/c28-8-7-27-17(29)10-12-9-15-13(18(12)27)3-1-4-14(15)19-24-20(30-25-19)16-11-26-6-2-5-22-21(26)23-16/h1-6,11-12,18,28H,7-10H2. The first-order chi connectivity index (χ1) is 14.7. The second-order valence-electron chi connectivity index (χ2n) is 7.67. The highest BCUT2D eigenvalue weighted by Gasteiger charge is 2.46. The monoisotopic (exact) mass is 402 g/mol. The number of hydrogen-bond donors (Lipinski definition) is 1. The number of aliphatic hydroxyl groups excluding tert-OH is 1. The summed E-state index contributed by atoms with van der Waals surface area (Å²) in [6, 6.07) is 7.84. The number of likely N-dealkylation sites (tertiary alicyclic amines) is 1. The lowest BCUT2D eigenvalue weighted by Crippen LogP contribution is -2.30. The van der Waals surface area contributed by atoms with Crippen LogP contribution in [0.4, 0.5) is 0 Å². The second-order valence-corrected chi connectivity index (χ2v) is 7.67. The Morgan fingerprint density at radius 3 is 3.00 bits per heavy atom. The normalized spacial score (nSPS) is 20.2. The fourth-order valence-corrected chi connectivity index (χ4v) is 4.79. The molecule has 1 fully saturated rings. The van der Waals surface area contributed by atoms with E-state index in [9.17, 15) is 9.90 Å². The molecule has 1 aliphatic carbocycles. The van der Waals surface area contributed by atoms with Gasteiger partial charge < -0.3 is 14.5 Å². The summed E-state index contributed by atoms with van der Waals surface area (Å²) in [6.07, 6.45) is 6.63. The van der Waals surface area contributed by atoms with Crippen molar-refractivity contribution in [2.45, 2.75) is 18.9 Å². The zero-order valence-corrected chi connectivity index (χ0v) is 16.0. The number of aromatic nitrogens is 5. The summed E-state index contributed by atoms with van der Waals surface area (Å²) in [5.74, 6) is 1.73. The number of benzene rings is 1. The van der Waals surface area contributed by atoms with E-state index in [0.717, 1.165) is 23.1 Å². The average molecular weight is 402 g/mol. The first kappa shape index (κ1) is 17.3. The molecule has 2 atom stereocenters. The summed E-state index contributed by atoms with van der Waals surface area (Å²) in [6.45, 7) is 0.323. The summed E-state index contributed by atoms with van der Waals surface area (Å²) in [4.78, 5) is 27.4. The van der Waals surface area contributed by atoms with Crippen molar-refractivity contribution in [2.24, 2.45) is 5.92 Å². The molecule has 150 valence electrons. The number of β-amino-alcohol motifs (C(OH)–C–C–N with tert-alkyl or cyclic N) is 1. The molecule has 0 bridgehead atoms. The number of aliphatic hydroxyl groups is 1. The summed E-state index contributed by atoms with van der Waals surface area (Å²) in [5, 5.41) is 13.6. The van der Waals surface area contributed by atoms with Crippen molar-refractivity contribution >= 4 is 11.7 Å². The molecule has 2 aliphatic rings. The van der Waals surface area contributed by atoms with E-state index in [1.165, 1.54) is 0 Å². The maximum absolute atomic E-state index is 12.3. The molecule has 3 aromatic heterocycles. The van der Waals surface area contributed by atoms with Crippen LogP contribution in [0.25, 0.3) is 28.8 Å². The Bertz CT molecular complexity index is 1250. The number of imidazole rings is 1. The van der Waals surface area contributed by atoms with Gasteiger partial charge in [-0.15, -0.1) is 0 Å². The van der Waals surface area contributed by atoms with Crippen molar-refractivity contribution in [3.8, 4) is 23.0 Å². The van der Waals surface area contributed by atoms with E-state index >= 15 is 0 Å². The van der Waals surface area contributed by atoms with Crippen LogP contribution in [0.3, 0.4) is 0 Å². The quantitative estimate of drug-likeness (QED) is 0.555. The molecule has 0 spiro atoms. The number of carbonyl (C=O) groups is 1. The van der Waals surface area contributed by atoms with Crippen LogP contribution in [0.15, 0.2) is 47.4 Å². The molecule has 1 saturated heterocycles. The van der Waals surface area contributed by atoms with Crippen LogP contribution in [0.5, 0.6) is 0 Å². The highest BCUT2D eigenvalue weighted by Crippen LogP contribution is 2.49. The van der Waals surface area contributed by atoms with Gasteiger partial charge >= 0.3 is 0 Å². The fraction of sp³-hybridized carbons (Fsp3) is 0.286. The van der Waals surface area contributed by atoms with Crippen molar-refractivity contribution in [2.75, 3.05) is 13.2 Å². The van der Waals surface area contributed by atoms with E-state index < -0.39 is 0 Å². The zero-order valence-electron chi connectivity index (χ0n) is 16.0. The minimum Gasteiger partial charge on any atom is -0.395 e. The Labute approximate surface area is 171 Å². The highest BCUT2D eigenvalue weighted by atomic mass is 16.5. The Hall–Kier alpha value is -3.59. The molecule has 1 aliphatic heterocycles. The Balaban J connectivity index is 1.38. The van der Waals surface area contributed by atoms with Gasteiger partial charge in [0.15, 0.2) is 0 Å². The summed E-state index contributed by atoms with van der Waals surface area (Å²) >= 11 is 0. The van der Waals surface area contributed by atoms with Crippen LogP contribution in [0, 0.1) is 5.92 Å². The molecule has 0 radical (unpaired) electrons. The van der Waals surface area contributed by atoms with Gasteiger partial charge in [0.05, 0.1) is 12.6 Å². The SMILES string of the molecule is O=C1CC2Cc3c(-c4noc(-c5cn6cccnc6n5)n4)cccc3C2N1CCO. The molecule has 4 heterocycles. The summed E-state index contributed by atoms with van der Waals surface area (Å²) in [5.41, 5.74) is 3.74. The van der Waals surface area contributed by atoms with Crippen LogP contribution in [-0.4, -0.2) is 53.6 Å². The minimum atomic E-state index is -0.0357. The van der Waals surface area contributed by atoms with Gasteiger partial charge in [0.25, 0.3) is 5.89 Å². The van der Waals surface area contributed by atoms with Crippen molar-refractivity contribution in [3.05, 3.63) is 54.0 Å². The van der Waals surface area contributed by atoms with E-state index in [1.807, 2.05) is 24.4 Å². The maximum Gasteiger partial charge on any atom is 0.278 e. The first-order valence-corrected chi connectivity index (χ1v) is 9.89. The third-order valence-corrected chi connectivity index (χ3v) is 6.00. The van der Waals surface area contributed by atoms with Gasteiger partial charge in [0.1, 0.15) is 5.69 Å². The third-order valence-electron chi connectivity index (χ3n) is 6.00. The molecular formula is C21H18N6O3. The zero-order chi connectivity index (χ0) is 20.2. The van der Waals surface area contributed by atoms with Crippen molar-refractivity contribution < 1.29 is 14.4 Å². The van der Waals surface area contributed by atoms with Crippen molar-refractivity contribution in [1.82, 2.24) is 29.4 Å². The molecule has 2 unspecified atom stereocenters. The van der Waals surface area contributed by atoms with Crippen molar-refractivity contribution in [1.29, 1.82) is 0 Å². The minimum absolute atomic E-state index is 0.00971. The molecule has 9 nitrogen and oxygen atoms in total. The van der Waals surface area contributed by atoms with Crippen LogP contribution in [0.1, 0.15) is 23.6 Å². The number of fused-ring (bicyclic) bond motifs is 4. The smallest absolute Gasteiger partial charge is 0.278 e. The molecule has 30 heavy (non-hydrogen) atoms. The third kappa shape index (κ3) is 2.48. The van der Waals surface area contributed by atoms with Crippen LogP contribution >= 0.6 is 0 Å². The van der Waals surface area contributed by atoms with Crippen LogP contribution in [0.2, 0.25) is 0 Å². The highest BCUT2D eigenvalue weighted by molar-refractivity contribution is 5.81. The van der Waals surface area contributed by atoms with E-state index in [1.54, 1.807) is 21.7 Å². The molecule has 9 heteroatoms. The predicted octanol–water partition coefficient (Wildman–Crippen LogP) is 1.88. The average Bonchev–Trinajstić information content (AvgIpc) is 3.51. The van der Waals surface area contributed by atoms with Gasteiger partial charge in [-0.25, -0.2) is 9.97 Å². The topological polar surface area (TPSA) is 110 Å². The van der Waals surface area contributed by atoms with E-state index in [-0.39, 0.29) is 24.5 Å². The second kappa shape index (κ2) is 6.46. The van der Waals surface area contributed by atoms with Gasteiger partial charge in [-0.1, -0.05) is 23.4 Å². The van der Waals surface area contributed by atoms with Gasteiger partial charge in [-0.2, -0.15) is 4.98 Å². The molecule has 0 saturated carbocycles. The first-order valence-electron chi connectivity index (χ1n) is 9.89. The maximum atomic E-state index is 12.3. The number of nitrogens with zero attached hydrogens (tertiary/aromatic N) is 6. The number of carbonyl (C=O) groups excluding carboxylic acids is 1. The van der Waals surface area contributed by atoms with E-state index in [4.69, 9.17) is 4.52 Å². The molecule has 4 aromatic rings. The number of hydrogen-bond acceptors (Lipinski definition) is 7. The van der Waals surface area contributed by atoms with Gasteiger partial charge in [0, 0.05) is 37.1 Å². The lowest BCUT2D eigenvalue weighted by Gasteiger charge is -2.24. The Morgan fingerprint density at radius 2 is 2.13 bits per heavy atom. The van der Waals surface area contributed by atoms with Crippen molar-refractivity contribution in [3.63, 3.8) is 0 Å². The Morgan fingerprint density at radius 1 is 1.20 bits per heavy atom. The Kier molecular flexibility index (Phi) is 3.72. The fourth-order valence-electron chi connectivity index (χ4n) is 4.79. The summed E-state index contributed by atoms with van der Waals surface area (Å²) in [7, 11) is 0. The number of amides is 1.